The Labute approximate surface area is 181 Å². The van der Waals surface area contributed by atoms with Crippen molar-refractivity contribution in [2.45, 2.75) is 39.5 Å². The van der Waals surface area contributed by atoms with E-state index in [-0.39, 0.29) is 5.41 Å². The van der Waals surface area contributed by atoms with Gasteiger partial charge in [-0.2, -0.15) is 0 Å². The predicted octanol–water partition coefficient (Wildman–Crippen LogP) is 7.56. The highest BCUT2D eigenvalue weighted by atomic mass is 14.4. The number of benzene rings is 4. The van der Waals surface area contributed by atoms with Crippen LogP contribution in [0.4, 0.5) is 0 Å². The van der Waals surface area contributed by atoms with Crippen LogP contribution in [0.15, 0.2) is 97.1 Å². The highest BCUT2D eigenvalue weighted by molar-refractivity contribution is 5.60. The third kappa shape index (κ3) is 3.59. The summed E-state index contributed by atoms with van der Waals surface area (Å²) >= 11 is 0. The Bertz CT molecular complexity index is 986. The summed E-state index contributed by atoms with van der Waals surface area (Å²) in [7, 11) is 0. The van der Waals surface area contributed by atoms with Gasteiger partial charge in [0.2, 0.25) is 0 Å². The molecule has 4 aromatic carbocycles. The Kier molecular flexibility index (Phi) is 5.59. The number of hydrogen-bond donors (Lipinski definition) is 0. The average molecular weight is 391 g/mol. The average Bonchev–Trinajstić information content (AvgIpc) is 2.78. The van der Waals surface area contributed by atoms with E-state index < -0.39 is 0 Å². The lowest BCUT2D eigenvalue weighted by molar-refractivity contribution is 0.743. The zero-order chi connectivity index (χ0) is 21.1. The lowest BCUT2D eigenvalue weighted by atomic mass is 9.65. The first-order valence-corrected chi connectivity index (χ1v) is 10.8. The van der Waals surface area contributed by atoms with E-state index in [0.29, 0.717) is 0 Å². The van der Waals surface area contributed by atoms with Crippen LogP contribution in [0, 0.1) is 20.8 Å². The van der Waals surface area contributed by atoms with E-state index in [1.54, 1.807) is 0 Å². The summed E-state index contributed by atoms with van der Waals surface area (Å²) in [4.78, 5) is 0. The molecule has 0 spiro atoms. The molecule has 4 aromatic rings. The van der Waals surface area contributed by atoms with Crippen molar-refractivity contribution in [1.29, 1.82) is 0 Å². The molecule has 0 radical (unpaired) electrons. The molecule has 0 heterocycles. The third-order valence-corrected chi connectivity index (χ3v) is 6.25. The van der Waals surface area contributed by atoms with Crippen LogP contribution in [-0.4, -0.2) is 0 Å². The monoisotopic (exact) mass is 390 g/mol. The number of hydrogen-bond acceptors (Lipinski definition) is 0. The van der Waals surface area contributed by atoms with Gasteiger partial charge in [0.05, 0.1) is 5.41 Å². The molecule has 0 nitrogen and oxygen atoms in total. The van der Waals surface area contributed by atoms with E-state index in [4.69, 9.17) is 0 Å². The van der Waals surface area contributed by atoms with Crippen LogP contribution < -0.4 is 0 Å². The molecular weight excluding hydrogens is 360 g/mol. The predicted molar refractivity (Wildman–Crippen MR) is 128 cm³/mol. The Morgan fingerprint density at radius 1 is 0.433 bits per heavy atom. The molecule has 0 aromatic heterocycles. The number of aryl methyl sites for hydroxylation is 4. The maximum atomic E-state index is 2.32. The fraction of sp³-hybridized carbons (Fsp3) is 0.200. The van der Waals surface area contributed by atoms with Gasteiger partial charge in [0.25, 0.3) is 0 Å². The summed E-state index contributed by atoms with van der Waals surface area (Å²) < 4.78 is 0. The molecule has 0 unspecified atom stereocenters. The van der Waals surface area contributed by atoms with Crippen molar-refractivity contribution in [2.24, 2.45) is 0 Å². The molecule has 0 bridgehead atoms. The maximum Gasteiger partial charge on any atom is 0.0701 e. The SMILES string of the molecule is CCc1ccc(C(c2ccc(C)cc2)(c2ccc(C)cc2)c2ccc(C)cc2)cc1. The van der Waals surface area contributed by atoms with Crippen molar-refractivity contribution in [3.63, 3.8) is 0 Å². The summed E-state index contributed by atoms with van der Waals surface area (Å²) in [5.74, 6) is 0. The van der Waals surface area contributed by atoms with Crippen LogP contribution >= 0.6 is 0 Å². The molecule has 0 aliphatic rings. The van der Waals surface area contributed by atoms with E-state index in [2.05, 4.69) is 125 Å². The van der Waals surface area contributed by atoms with Crippen LogP contribution in [0.1, 0.15) is 51.4 Å². The zero-order valence-electron chi connectivity index (χ0n) is 18.4. The highest BCUT2D eigenvalue weighted by Crippen LogP contribution is 2.45. The van der Waals surface area contributed by atoms with E-state index in [1.807, 2.05) is 0 Å². The second-order valence-corrected chi connectivity index (χ2v) is 8.40. The molecule has 150 valence electrons. The van der Waals surface area contributed by atoms with Crippen molar-refractivity contribution in [3.05, 3.63) is 142 Å². The lowest BCUT2D eigenvalue weighted by Crippen LogP contribution is -2.31. The molecule has 0 amide bonds. The van der Waals surface area contributed by atoms with Gasteiger partial charge in [0, 0.05) is 0 Å². The molecule has 0 atom stereocenters. The molecule has 0 saturated carbocycles. The zero-order valence-corrected chi connectivity index (χ0v) is 18.4. The first kappa shape index (κ1) is 20.2. The van der Waals surface area contributed by atoms with Gasteiger partial charge in [-0.1, -0.05) is 121 Å². The molecule has 0 saturated heterocycles. The van der Waals surface area contributed by atoms with Gasteiger partial charge in [-0.25, -0.2) is 0 Å². The maximum absolute atomic E-state index is 2.32. The van der Waals surface area contributed by atoms with Gasteiger partial charge >= 0.3 is 0 Å². The van der Waals surface area contributed by atoms with Gasteiger partial charge in [-0.05, 0) is 55.0 Å². The summed E-state index contributed by atoms with van der Waals surface area (Å²) in [5, 5.41) is 0. The van der Waals surface area contributed by atoms with Crippen molar-refractivity contribution >= 4 is 0 Å². The molecular formula is C30H30. The largest absolute Gasteiger partial charge is 0.0701 e. The van der Waals surface area contributed by atoms with Crippen molar-refractivity contribution < 1.29 is 0 Å². The Morgan fingerprint density at radius 2 is 0.700 bits per heavy atom. The second-order valence-electron chi connectivity index (χ2n) is 8.40. The van der Waals surface area contributed by atoms with Gasteiger partial charge in [0.1, 0.15) is 0 Å². The first-order valence-electron chi connectivity index (χ1n) is 10.8. The fourth-order valence-electron chi connectivity index (χ4n) is 4.40. The summed E-state index contributed by atoms with van der Waals surface area (Å²) in [6.45, 7) is 8.67. The van der Waals surface area contributed by atoms with Crippen LogP contribution in [0.5, 0.6) is 0 Å². The van der Waals surface area contributed by atoms with Gasteiger partial charge in [-0.3, -0.25) is 0 Å². The molecule has 0 aliphatic carbocycles. The topological polar surface area (TPSA) is 0 Å². The molecule has 0 fully saturated rings. The Hall–Kier alpha value is -3.12. The quantitative estimate of drug-likeness (QED) is 0.308. The van der Waals surface area contributed by atoms with Gasteiger partial charge < -0.3 is 0 Å². The van der Waals surface area contributed by atoms with Crippen LogP contribution in [-0.2, 0) is 11.8 Å². The van der Waals surface area contributed by atoms with E-state index >= 15 is 0 Å². The van der Waals surface area contributed by atoms with Crippen molar-refractivity contribution in [2.75, 3.05) is 0 Å². The molecule has 30 heavy (non-hydrogen) atoms. The fourth-order valence-corrected chi connectivity index (χ4v) is 4.40. The summed E-state index contributed by atoms with van der Waals surface area (Å²) in [6, 6.07) is 36.3. The first-order chi connectivity index (χ1) is 14.5. The number of rotatable bonds is 5. The van der Waals surface area contributed by atoms with Crippen LogP contribution in [0.2, 0.25) is 0 Å². The van der Waals surface area contributed by atoms with Gasteiger partial charge in [-0.15, -0.1) is 0 Å². The van der Waals surface area contributed by atoms with Crippen LogP contribution in [0.3, 0.4) is 0 Å². The molecule has 0 aliphatic heterocycles. The Morgan fingerprint density at radius 3 is 0.967 bits per heavy atom. The molecule has 0 heteroatoms. The highest BCUT2D eigenvalue weighted by Gasteiger charge is 2.38. The summed E-state index contributed by atoms with van der Waals surface area (Å²) in [5.41, 5.74) is 10.0. The normalized spacial score (nSPS) is 11.5. The lowest BCUT2D eigenvalue weighted by Gasteiger charge is -2.37. The molecule has 0 N–H and O–H groups in total. The van der Waals surface area contributed by atoms with Crippen molar-refractivity contribution in [1.82, 2.24) is 0 Å². The third-order valence-electron chi connectivity index (χ3n) is 6.25. The second kappa shape index (κ2) is 8.32. The molecule has 4 rings (SSSR count). The minimum absolute atomic E-state index is 0.360. The van der Waals surface area contributed by atoms with Gasteiger partial charge in [0.15, 0.2) is 0 Å². The minimum Gasteiger partial charge on any atom is -0.0613 e. The van der Waals surface area contributed by atoms with Crippen molar-refractivity contribution in [3.8, 4) is 0 Å². The smallest absolute Gasteiger partial charge is 0.0613 e. The van der Waals surface area contributed by atoms with Crippen LogP contribution in [0.25, 0.3) is 0 Å². The van der Waals surface area contributed by atoms with E-state index in [9.17, 15) is 0 Å². The van der Waals surface area contributed by atoms with E-state index in [1.165, 1.54) is 44.5 Å². The standard InChI is InChI=1S/C30H30/c1-5-25-12-20-29(21-13-25)30(26-14-6-22(2)7-15-26,27-16-8-23(3)9-17-27)28-18-10-24(4)11-19-28/h6-21H,5H2,1-4H3. The minimum atomic E-state index is -0.360. The Balaban J connectivity index is 2.09. The van der Waals surface area contributed by atoms with E-state index in [0.717, 1.165) is 6.42 Å². The summed E-state index contributed by atoms with van der Waals surface area (Å²) in [6.07, 6.45) is 1.05.